The number of carbonyl (C=O) groups excluding carboxylic acids is 1. The van der Waals surface area contributed by atoms with E-state index >= 15 is 0 Å². The second-order valence-corrected chi connectivity index (χ2v) is 9.34. The van der Waals surface area contributed by atoms with E-state index in [0.29, 0.717) is 23.1 Å². The fraction of sp³-hybridized carbons (Fsp3) is 0.400. The van der Waals surface area contributed by atoms with Gasteiger partial charge in [0.2, 0.25) is 0 Å². The molecule has 0 aliphatic heterocycles. The van der Waals surface area contributed by atoms with Crippen molar-refractivity contribution < 1.29 is 4.79 Å². The van der Waals surface area contributed by atoms with Crippen LogP contribution in [0.3, 0.4) is 0 Å². The average Bonchev–Trinajstić information content (AvgIpc) is 2.81. The highest BCUT2D eigenvalue weighted by Crippen LogP contribution is 2.26. The van der Waals surface area contributed by atoms with Gasteiger partial charge in [-0.25, -0.2) is 9.78 Å². The zero-order chi connectivity index (χ0) is 22.7. The monoisotopic (exact) mass is 496 g/mol. The van der Waals surface area contributed by atoms with Crippen molar-refractivity contribution in [3.8, 4) is 5.69 Å². The number of carbonyl (C=O) groups is 1. The molecule has 1 aromatic heterocycles. The zero-order valence-corrected chi connectivity index (χ0v) is 20.1. The van der Waals surface area contributed by atoms with Crippen molar-refractivity contribution in [2.75, 3.05) is 7.05 Å². The normalized spacial score (nSPS) is 15.5. The van der Waals surface area contributed by atoms with Crippen molar-refractivity contribution in [2.24, 2.45) is 0 Å². The summed E-state index contributed by atoms with van der Waals surface area (Å²) in [7, 11) is 1.79. The van der Waals surface area contributed by atoms with E-state index in [1.807, 2.05) is 49.4 Å². The second kappa shape index (κ2) is 9.86. The van der Waals surface area contributed by atoms with E-state index in [2.05, 4.69) is 21.2 Å². The summed E-state index contributed by atoms with van der Waals surface area (Å²) in [6.45, 7) is 2.02. The van der Waals surface area contributed by atoms with Crippen LogP contribution in [-0.2, 0) is 0 Å². The predicted molar refractivity (Wildman–Crippen MR) is 131 cm³/mol. The Hall–Kier alpha value is -2.67. The van der Waals surface area contributed by atoms with Gasteiger partial charge in [-0.2, -0.15) is 0 Å². The smallest absolute Gasteiger partial charge is 0.317 e. The van der Waals surface area contributed by atoms with Crippen LogP contribution in [0.15, 0.2) is 57.8 Å². The van der Waals surface area contributed by atoms with Gasteiger partial charge >= 0.3 is 6.03 Å². The molecule has 4 rings (SSSR count). The Morgan fingerprint density at radius 3 is 2.53 bits per heavy atom. The third kappa shape index (κ3) is 4.58. The quantitative estimate of drug-likeness (QED) is 0.501. The second-order valence-electron chi connectivity index (χ2n) is 8.42. The third-order valence-corrected chi connectivity index (χ3v) is 6.82. The van der Waals surface area contributed by atoms with Crippen LogP contribution >= 0.6 is 15.9 Å². The fourth-order valence-electron chi connectivity index (χ4n) is 4.51. The van der Waals surface area contributed by atoms with E-state index < -0.39 is 0 Å². The van der Waals surface area contributed by atoms with E-state index in [1.54, 1.807) is 22.6 Å². The van der Waals surface area contributed by atoms with Crippen LogP contribution in [0.25, 0.3) is 16.6 Å². The minimum absolute atomic E-state index is 0.117. The molecule has 1 fully saturated rings. The molecule has 0 spiro atoms. The molecule has 32 heavy (non-hydrogen) atoms. The first-order valence-electron chi connectivity index (χ1n) is 11.3. The molecule has 1 aliphatic rings. The lowest BCUT2D eigenvalue weighted by Crippen LogP contribution is -2.46. The summed E-state index contributed by atoms with van der Waals surface area (Å²) in [5.74, 6) is 0.569. The van der Waals surface area contributed by atoms with E-state index in [0.717, 1.165) is 35.8 Å². The van der Waals surface area contributed by atoms with Crippen LogP contribution < -0.4 is 10.9 Å². The van der Waals surface area contributed by atoms with Gasteiger partial charge in [-0.3, -0.25) is 9.36 Å². The molecule has 1 unspecified atom stereocenters. The van der Waals surface area contributed by atoms with E-state index in [9.17, 15) is 9.59 Å². The fourth-order valence-corrected chi connectivity index (χ4v) is 4.77. The highest BCUT2D eigenvalue weighted by Gasteiger charge is 2.28. The SMILES string of the molecule is CCC(c1nc2ccccc2c(=O)n1-c1ccc(Br)cc1)N(C)C(=O)NC1CCCCC1. The summed E-state index contributed by atoms with van der Waals surface area (Å²) in [6, 6.07) is 14.7. The summed E-state index contributed by atoms with van der Waals surface area (Å²) < 4.78 is 2.58. The summed E-state index contributed by atoms with van der Waals surface area (Å²) in [6.07, 6.45) is 6.22. The summed E-state index contributed by atoms with van der Waals surface area (Å²) in [5, 5.41) is 3.75. The highest BCUT2D eigenvalue weighted by atomic mass is 79.9. The van der Waals surface area contributed by atoms with Crippen LogP contribution in [0.4, 0.5) is 4.79 Å². The molecule has 0 saturated heterocycles. The van der Waals surface area contributed by atoms with Crippen molar-refractivity contribution in [3.63, 3.8) is 0 Å². The van der Waals surface area contributed by atoms with Crippen molar-refractivity contribution in [3.05, 3.63) is 69.2 Å². The molecular formula is C25H29BrN4O2. The summed E-state index contributed by atoms with van der Waals surface area (Å²) in [5.41, 5.74) is 1.24. The Morgan fingerprint density at radius 2 is 1.84 bits per heavy atom. The maximum Gasteiger partial charge on any atom is 0.317 e. The van der Waals surface area contributed by atoms with Gasteiger partial charge < -0.3 is 10.2 Å². The molecule has 7 heteroatoms. The van der Waals surface area contributed by atoms with Gasteiger partial charge in [0.15, 0.2) is 0 Å². The average molecular weight is 497 g/mol. The molecule has 3 aromatic rings. The molecule has 1 heterocycles. The predicted octanol–water partition coefficient (Wildman–Crippen LogP) is 5.57. The number of amides is 2. The molecule has 1 N–H and O–H groups in total. The lowest BCUT2D eigenvalue weighted by molar-refractivity contribution is 0.178. The van der Waals surface area contributed by atoms with Crippen molar-refractivity contribution in [1.82, 2.24) is 19.8 Å². The Bertz CT molecular complexity index is 1150. The molecule has 0 radical (unpaired) electrons. The van der Waals surface area contributed by atoms with E-state index in [4.69, 9.17) is 4.98 Å². The van der Waals surface area contributed by atoms with Gasteiger partial charge in [-0.1, -0.05) is 54.2 Å². The molecular weight excluding hydrogens is 468 g/mol. The van der Waals surface area contributed by atoms with Crippen LogP contribution in [-0.4, -0.2) is 33.6 Å². The topological polar surface area (TPSA) is 67.2 Å². The number of fused-ring (bicyclic) bond motifs is 1. The van der Waals surface area contributed by atoms with Gasteiger partial charge in [-0.15, -0.1) is 0 Å². The maximum atomic E-state index is 13.6. The Balaban J connectivity index is 1.78. The summed E-state index contributed by atoms with van der Waals surface area (Å²) in [4.78, 5) is 33.3. The first kappa shape index (κ1) is 22.5. The van der Waals surface area contributed by atoms with E-state index in [1.165, 1.54) is 6.42 Å². The number of halogens is 1. The Morgan fingerprint density at radius 1 is 1.16 bits per heavy atom. The van der Waals surface area contributed by atoms with Gasteiger partial charge in [0.25, 0.3) is 5.56 Å². The molecule has 2 aromatic carbocycles. The molecule has 1 aliphatic carbocycles. The number of benzene rings is 2. The van der Waals surface area contributed by atoms with Crippen molar-refractivity contribution in [2.45, 2.75) is 57.5 Å². The van der Waals surface area contributed by atoms with Crippen LogP contribution in [0.1, 0.15) is 57.3 Å². The minimum atomic E-state index is -0.348. The minimum Gasteiger partial charge on any atom is -0.335 e. The number of hydrogen-bond donors (Lipinski definition) is 1. The molecule has 0 bridgehead atoms. The number of nitrogens with zero attached hydrogens (tertiary/aromatic N) is 3. The van der Waals surface area contributed by atoms with E-state index in [-0.39, 0.29) is 23.7 Å². The van der Waals surface area contributed by atoms with Crippen LogP contribution in [0, 0.1) is 0 Å². The third-order valence-electron chi connectivity index (χ3n) is 6.29. The van der Waals surface area contributed by atoms with Crippen molar-refractivity contribution in [1.29, 1.82) is 0 Å². The largest absolute Gasteiger partial charge is 0.335 e. The number of hydrogen-bond acceptors (Lipinski definition) is 3. The summed E-state index contributed by atoms with van der Waals surface area (Å²) >= 11 is 3.46. The number of nitrogens with one attached hydrogen (secondary N) is 1. The van der Waals surface area contributed by atoms with Gasteiger partial charge in [0.1, 0.15) is 5.82 Å². The highest BCUT2D eigenvalue weighted by molar-refractivity contribution is 9.10. The Labute approximate surface area is 196 Å². The molecule has 2 amide bonds. The number of urea groups is 1. The molecule has 168 valence electrons. The maximum absolute atomic E-state index is 13.6. The van der Waals surface area contributed by atoms with Gasteiger partial charge in [0, 0.05) is 17.6 Å². The standard InChI is InChI=1S/C25H29BrN4O2/c1-3-22(29(2)25(32)27-18-9-5-4-6-10-18)23-28-21-12-8-7-11-20(21)24(31)30(23)19-15-13-17(26)14-16-19/h7-8,11-16,18,22H,3-6,9-10H2,1-2H3,(H,27,32). The van der Waals surface area contributed by atoms with Crippen molar-refractivity contribution >= 4 is 32.9 Å². The van der Waals surface area contributed by atoms with Crippen LogP contribution in [0.2, 0.25) is 0 Å². The number of aromatic nitrogens is 2. The number of rotatable bonds is 5. The zero-order valence-electron chi connectivity index (χ0n) is 18.6. The lowest BCUT2D eigenvalue weighted by Gasteiger charge is -2.31. The van der Waals surface area contributed by atoms with Gasteiger partial charge in [0.05, 0.1) is 22.6 Å². The first-order chi connectivity index (χ1) is 15.5. The molecule has 1 saturated carbocycles. The van der Waals surface area contributed by atoms with Crippen LogP contribution in [0.5, 0.6) is 0 Å². The van der Waals surface area contributed by atoms with Gasteiger partial charge in [-0.05, 0) is 55.7 Å². The molecule has 6 nitrogen and oxygen atoms in total. The lowest BCUT2D eigenvalue weighted by atomic mass is 9.96. The molecule has 1 atom stereocenters. The first-order valence-corrected chi connectivity index (χ1v) is 12.1. The number of para-hydroxylation sites is 1. The Kier molecular flexibility index (Phi) is 6.94.